The maximum Gasteiger partial charge on any atom is 0.0599 e. The van der Waals surface area contributed by atoms with E-state index in [9.17, 15) is 0 Å². The molecular formula is C14H30N2O. The molecule has 1 atom stereocenters. The fourth-order valence-electron chi connectivity index (χ4n) is 2.70. The van der Waals surface area contributed by atoms with Gasteiger partial charge in [-0.3, -0.25) is 4.90 Å². The summed E-state index contributed by atoms with van der Waals surface area (Å²) in [5.74, 6) is 0. The highest BCUT2D eigenvalue weighted by atomic mass is 16.5. The van der Waals surface area contributed by atoms with E-state index in [0.29, 0.717) is 6.10 Å². The smallest absolute Gasteiger partial charge is 0.0599 e. The molecule has 0 radical (unpaired) electrons. The predicted octanol–water partition coefficient (Wildman–Crippen LogP) is 2.27. The molecule has 1 saturated heterocycles. The van der Waals surface area contributed by atoms with E-state index in [1.54, 1.807) is 0 Å². The molecule has 0 saturated carbocycles. The molecule has 0 amide bonds. The van der Waals surface area contributed by atoms with E-state index in [1.165, 1.54) is 38.8 Å². The SMILES string of the molecule is CCCC(CNCC)N1CCC(OCC)CC1. The average molecular weight is 242 g/mol. The van der Waals surface area contributed by atoms with Gasteiger partial charge in [-0.25, -0.2) is 0 Å². The molecule has 17 heavy (non-hydrogen) atoms. The van der Waals surface area contributed by atoms with E-state index in [1.807, 2.05) is 0 Å². The lowest BCUT2D eigenvalue weighted by atomic mass is 10.0. The van der Waals surface area contributed by atoms with E-state index in [-0.39, 0.29) is 0 Å². The maximum absolute atomic E-state index is 5.71. The third-order valence-corrected chi connectivity index (χ3v) is 3.65. The minimum Gasteiger partial charge on any atom is -0.378 e. The first-order valence-electron chi connectivity index (χ1n) is 7.38. The third-order valence-electron chi connectivity index (χ3n) is 3.65. The van der Waals surface area contributed by atoms with Gasteiger partial charge in [0.05, 0.1) is 6.10 Å². The maximum atomic E-state index is 5.71. The van der Waals surface area contributed by atoms with Gasteiger partial charge in [-0.05, 0) is 32.7 Å². The Morgan fingerprint density at radius 2 is 1.94 bits per heavy atom. The molecule has 0 aromatic rings. The number of ether oxygens (including phenoxy) is 1. The molecule has 1 aliphatic heterocycles. The van der Waals surface area contributed by atoms with Crippen molar-refractivity contribution in [2.75, 3.05) is 32.8 Å². The summed E-state index contributed by atoms with van der Waals surface area (Å²) in [4.78, 5) is 2.65. The van der Waals surface area contributed by atoms with E-state index in [2.05, 4.69) is 31.0 Å². The zero-order valence-electron chi connectivity index (χ0n) is 11.9. The first-order chi connectivity index (χ1) is 8.31. The van der Waals surface area contributed by atoms with Crippen LogP contribution in [-0.2, 0) is 4.74 Å². The number of piperidine rings is 1. The van der Waals surface area contributed by atoms with Crippen LogP contribution in [0.4, 0.5) is 0 Å². The summed E-state index contributed by atoms with van der Waals surface area (Å²) in [6.07, 6.45) is 5.52. The Balaban J connectivity index is 2.31. The van der Waals surface area contributed by atoms with Crippen LogP contribution in [-0.4, -0.2) is 49.8 Å². The molecule has 0 bridgehead atoms. The van der Waals surface area contributed by atoms with Gasteiger partial charge in [0.2, 0.25) is 0 Å². The molecular weight excluding hydrogens is 212 g/mol. The second-order valence-corrected chi connectivity index (χ2v) is 4.94. The molecule has 1 N–H and O–H groups in total. The summed E-state index contributed by atoms with van der Waals surface area (Å²) in [6.45, 7) is 12.1. The normalized spacial score (nSPS) is 20.6. The molecule has 1 fully saturated rings. The second-order valence-electron chi connectivity index (χ2n) is 4.94. The molecule has 1 heterocycles. The van der Waals surface area contributed by atoms with Crippen molar-refractivity contribution in [1.29, 1.82) is 0 Å². The van der Waals surface area contributed by atoms with Crippen LogP contribution in [0.3, 0.4) is 0 Å². The van der Waals surface area contributed by atoms with E-state index in [4.69, 9.17) is 4.74 Å². The monoisotopic (exact) mass is 242 g/mol. The van der Waals surface area contributed by atoms with Crippen molar-refractivity contribution in [1.82, 2.24) is 10.2 Å². The van der Waals surface area contributed by atoms with Crippen molar-refractivity contribution in [2.24, 2.45) is 0 Å². The number of likely N-dealkylation sites (tertiary alicyclic amines) is 1. The van der Waals surface area contributed by atoms with Crippen LogP contribution in [0.1, 0.15) is 46.5 Å². The Morgan fingerprint density at radius 3 is 2.47 bits per heavy atom. The number of hydrogen-bond donors (Lipinski definition) is 1. The Morgan fingerprint density at radius 1 is 1.24 bits per heavy atom. The van der Waals surface area contributed by atoms with Crippen LogP contribution in [0.25, 0.3) is 0 Å². The molecule has 0 spiro atoms. The van der Waals surface area contributed by atoms with Gasteiger partial charge in [-0.1, -0.05) is 20.3 Å². The van der Waals surface area contributed by atoms with Crippen LogP contribution < -0.4 is 5.32 Å². The molecule has 102 valence electrons. The van der Waals surface area contributed by atoms with E-state index < -0.39 is 0 Å². The molecule has 0 aromatic heterocycles. The van der Waals surface area contributed by atoms with E-state index in [0.717, 1.165) is 25.7 Å². The molecule has 1 unspecified atom stereocenters. The van der Waals surface area contributed by atoms with Crippen molar-refractivity contribution in [3.63, 3.8) is 0 Å². The second kappa shape index (κ2) is 8.90. The van der Waals surface area contributed by atoms with Gasteiger partial charge in [0.1, 0.15) is 0 Å². The van der Waals surface area contributed by atoms with Crippen molar-refractivity contribution >= 4 is 0 Å². The van der Waals surface area contributed by atoms with Gasteiger partial charge in [0.15, 0.2) is 0 Å². The Bertz CT molecular complexity index is 179. The standard InChI is InChI=1S/C14H30N2O/c1-4-7-13(12-15-5-2)16-10-8-14(9-11-16)17-6-3/h13-15H,4-12H2,1-3H3. The highest BCUT2D eigenvalue weighted by Gasteiger charge is 2.24. The summed E-state index contributed by atoms with van der Waals surface area (Å²) in [6, 6.07) is 0.725. The van der Waals surface area contributed by atoms with Crippen molar-refractivity contribution in [2.45, 2.75) is 58.6 Å². The van der Waals surface area contributed by atoms with Crippen LogP contribution in [0.15, 0.2) is 0 Å². The number of nitrogens with one attached hydrogen (secondary N) is 1. The number of nitrogens with zero attached hydrogens (tertiary/aromatic N) is 1. The van der Waals surface area contributed by atoms with Crippen molar-refractivity contribution < 1.29 is 4.74 Å². The van der Waals surface area contributed by atoms with Crippen LogP contribution in [0, 0.1) is 0 Å². The van der Waals surface area contributed by atoms with Crippen LogP contribution >= 0.6 is 0 Å². The Labute approximate surface area is 107 Å². The first-order valence-corrected chi connectivity index (χ1v) is 7.38. The largest absolute Gasteiger partial charge is 0.378 e. The zero-order valence-corrected chi connectivity index (χ0v) is 11.9. The van der Waals surface area contributed by atoms with Gasteiger partial charge in [0.25, 0.3) is 0 Å². The number of likely N-dealkylation sites (N-methyl/N-ethyl adjacent to an activating group) is 1. The molecule has 0 aliphatic carbocycles. The molecule has 1 aliphatic rings. The van der Waals surface area contributed by atoms with Gasteiger partial charge in [-0.15, -0.1) is 0 Å². The Kier molecular flexibility index (Phi) is 7.82. The summed E-state index contributed by atoms with van der Waals surface area (Å²) >= 11 is 0. The number of hydrogen-bond acceptors (Lipinski definition) is 3. The van der Waals surface area contributed by atoms with Crippen molar-refractivity contribution in [3.05, 3.63) is 0 Å². The molecule has 1 rings (SSSR count). The Hall–Kier alpha value is -0.120. The minimum absolute atomic E-state index is 0.512. The highest BCUT2D eigenvalue weighted by molar-refractivity contribution is 4.80. The van der Waals surface area contributed by atoms with Gasteiger partial charge >= 0.3 is 0 Å². The lowest BCUT2D eigenvalue weighted by Crippen LogP contribution is -2.47. The fourth-order valence-corrected chi connectivity index (χ4v) is 2.70. The summed E-state index contributed by atoms with van der Waals surface area (Å²) in [5, 5.41) is 3.49. The van der Waals surface area contributed by atoms with Gasteiger partial charge in [-0.2, -0.15) is 0 Å². The fraction of sp³-hybridized carbons (Fsp3) is 1.00. The van der Waals surface area contributed by atoms with Gasteiger partial charge < -0.3 is 10.1 Å². The predicted molar refractivity (Wildman–Crippen MR) is 73.5 cm³/mol. The van der Waals surface area contributed by atoms with Gasteiger partial charge in [0, 0.05) is 32.3 Å². The molecule has 3 nitrogen and oxygen atoms in total. The van der Waals surface area contributed by atoms with Crippen molar-refractivity contribution in [3.8, 4) is 0 Å². The minimum atomic E-state index is 0.512. The topological polar surface area (TPSA) is 24.5 Å². The summed E-state index contributed by atoms with van der Waals surface area (Å²) in [5.41, 5.74) is 0. The lowest BCUT2D eigenvalue weighted by molar-refractivity contribution is 0.00305. The first kappa shape index (κ1) is 14.9. The van der Waals surface area contributed by atoms with Crippen LogP contribution in [0.2, 0.25) is 0 Å². The van der Waals surface area contributed by atoms with E-state index >= 15 is 0 Å². The average Bonchev–Trinajstić information content (AvgIpc) is 2.36. The lowest BCUT2D eigenvalue weighted by Gasteiger charge is -2.37. The quantitative estimate of drug-likeness (QED) is 0.706. The molecule has 3 heteroatoms. The third kappa shape index (κ3) is 5.36. The number of rotatable bonds is 8. The highest BCUT2D eigenvalue weighted by Crippen LogP contribution is 2.17. The summed E-state index contributed by atoms with van der Waals surface area (Å²) < 4.78 is 5.71. The molecule has 0 aromatic carbocycles. The summed E-state index contributed by atoms with van der Waals surface area (Å²) in [7, 11) is 0. The van der Waals surface area contributed by atoms with Crippen LogP contribution in [0.5, 0.6) is 0 Å². The zero-order chi connectivity index (χ0) is 12.5.